The maximum atomic E-state index is 13.0. The minimum atomic E-state index is -0.440. The Morgan fingerprint density at radius 2 is 2.00 bits per heavy atom. The molecule has 0 saturated carbocycles. The van der Waals surface area contributed by atoms with Crippen molar-refractivity contribution in [3.63, 3.8) is 0 Å². The van der Waals surface area contributed by atoms with Crippen molar-refractivity contribution in [2.24, 2.45) is 0 Å². The summed E-state index contributed by atoms with van der Waals surface area (Å²) in [6.45, 7) is 5.19. The van der Waals surface area contributed by atoms with Crippen molar-refractivity contribution >= 4 is 5.97 Å². The van der Waals surface area contributed by atoms with Crippen molar-refractivity contribution in [2.45, 2.75) is 26.7 Å². The lowest BCUT2D eigenvalue weighted by Gasteiger charge is -2.08. The van der Waals surface area contributed by atoms with Crippen LogP contribution in [-0.4, -0.2) is 5.97 Å². The third-order valence-electron chi connectivity index (χ3n) is 1.82. The molecule has 0 amide bonds. The Morgan fingerprint density at radius 1 is 1.36 bits per heavy atom. The fraction of sp³-hybridized carbons (Fsp3) is 0.364. The molecule has 2 nitrogen and oxygen atoms in total. The number of carbonyl (C=O) groups excluding carboxylic acids is 1. The molecule has 0 unspecified atom stereocenters. The fourth-order valence-electron chi connectivity index (χ4n) is 1.14. The summed E-state index contributed by atoms with van der Waals surface area (Å²) in [5.74, 6) is -0.348. The largest absolute Gasteiger partial charge is 0.427 e. The van der Waals surface area contributed by atoms with Crippen LogP contribution in [0.5, 0.6) is 5.75 Å². The van der Waals surface area contributed by atoms with E-state index in [2.05, 4.69) is 0 Å². The Hall–Kier alpha value is -1.38. The zero-order valence-electron chi connectivity index (χ0n) is 8.50. The normalized spacial score (nSPS) is 10.4. The van der Waals surface area contributed by atoms with Crippen LogP contribution in [-0.2, 0) is 4.79 Å². The van der Waals surface area contributed by atoms with Crippen molar-refractivity contribution in [1.29, 1.82) is 0 Å². The van der Waals surface area contributed by atoms with Gasteiger partial charge < -0.3 is 4.74 Å². The maximum absolute atomic E-state index is 13.0. The predicted molar refractivity (Wildman–Crippen MR) is 51.8 cm³/mol. The summed E-state index contributed by atoms with van der Waals surface area (Å²) in [7, 11) is 0. The van der Waals surface area contributed by atoms with Crippen LogP contribution in [0.15, 0.2) is 18.2 Å². The number of esters is 1. The van der Waals surface area contributed by atoms with Gasteiger partial charge in [-0.05, 0) is 23.6 Å². The number of hydrogen-bond donors (Lipinski definition) is 0. The van der Waals surface area contributed by atoms with E-state index in [1.165, 1.54) is 19.1 Å². The summed E-state index contributed by atoms with van der Waals surface area (Å²) in [5.41, 5.74) is 0.821. The highest BCUT2D eigenvalue weighted by Crippen LogP contribution is 2.22. The van der Waals surface area contributed by atoms with Crippen LogP contribution in [0.3, 0.4) is 0 Å². The van der Waals surface area contributed by atoms with Gasteiger partial charge in [0.2, 0.25) is 0 Å². The van der Waals surface area contributed by atoms with Gasteiger partial charge in [-0.3, -0.25) is 4.79 Å². The molecule has 0 spiro atoms. The van der Waals surface area contributed by atoms with Crippen LogP contribution in [0, 0.1) is 5.82 Å². The molecule has 0 radical (unpaired) electrons. The number of rotatable bonds is 2. The number of benzene rings is 1. The van der Waals surface area contributed by atoms with Crippen LogP contribution in [0.25, 0.3) is 0 Å². The molecule has 0 aliphatic rings. The van der Waals surface area contributed by atoms with Gasteiger partial charge in [0.05, 0.1) is 0 Å². The lowest BCUT2D eigenvalue weighted by atomic mass is 10.0. The molecule has 0 bridgehead atoms. The van der Waals surface area contributed by atoms with Crippen LogP contribution in [0.1, 0.15) is 32.3 Å². The van der Waals surface area contributed by atoms with E-state index in [-0.39, 0.29) is 17.5 Å². The fourth-order valence-corrected chi connectivity index (χ4v) is 1.14. The smallest absolute Gasteiger partial charge is 0.308 e. The Kier molecular flexibility index (Phi) is 3.23. The average Bonchev–Trinajstić information content (AvgIpc) is 2.01. The van der Waals surface area contributed by atoms with Gasteiger partial charge in [-0.15, -0.1) is 0 Å². The molecular formula is C11H13FO2. The molecule has 1 aromatic carbocycles. The predicted octanol–water partition coefficient (Wildman–Crippen LogP) is 2.87. The second-order valence-electron chi connectivity index (χ2n) is 3.47. The van der Waals surface area contributed by atoms with Crippen molar-refractivity contribution in [3.8, 4) is 5.75 Å². The molecule has 0 heterocycles. The van der Waals surface area contributed by atoms with Crippen molar-refractivity contribution in [1.82, 2.24) is 0 Å². The molecule has 1 rings (SSSR count). The minimum Gasteiger partial charge on any atom is -0.427 e. The number of carbonyl (C=O) groups is 1. The first-order valence-electron chi connectivity index (χ1n) is 4.48. The molecule has 0 aliphatic heterocycles. The lowest BCUT2D eigenvalue weighted by Crippen LogP contribution is -2.02. The minimum absolute atomic E-state index is 0.208. The van der Waals surface area contributed by atoms with Crippen molar-refractivity contribution in [3.05, 3.63) is 29.6 Å². The highest BCUT2D eigenvalue weighted by atomic mass is 19.1. The summed E-state index contributed by atoms with van der Waals surface area (Å²) in [6, 6.07) is 4.32. The summed E-state index contributed by atoms with van der Waals surface area (Å²) in [5, 5.41) is 0. The first-order valence-corrected chi connectivity index (χ1v) is 4.48. The third kappa shape index (κ3) is 2.83. The molecule has 0 saturated heterocycles. The van der Waals surface area contributed by atoms with Crippen LogP contribution in [0.4, 0.5) is 4.39 Å². The zero-order chi connectivity index (χ0) is 10.7. The van der Waals surface area contributed by atoms with Gasteiger partial charge in [0.1, 0.15) is 11.6 Å². The molecule has 0 fully saturated rings. The van der Waals surface area contributed by atoms with E-state index >= 15 is 0 Å². The van der Waals surface area contributed by atoms with E-state index in [1.807, 2.05) is 13.8 Å². The summed E-state index contributed by atoms with van der Waals surface area (Å²) in [6.07, 6.45) is 0. The SMILES string of the molecule is CC(=O)Oc1cc(F)cc(C(C)C)c1. The highest BCUT2D eigenvalue weighted by molar-refractivity contribution is 5.69. The van der Waals surface area contributed by atoms with Crippen LogP contribution in [0.2, 0.25) is 0 Å². The molecule has 0 atom stereocenters. The number of ether oxygens (including phenoxy) is 1. The average molecular weight is 196 g/mol. The molecule has 0 aliphatic carbocycles. The molecule has 76 valence electrons. The molecule has 3 heteroatoms. The van der Waals surface area contributed by atoms with Crippen LogP contribution < -0.4 is 4.74 Å². The van der Waals surface area contributed by atoms with E-state index in [1.54, 1.807) is 6.07 Å². The Morgan fingerprint density at radius 3 is 2.50 bits per heavy atom. The monoisotopic (exact) mass is 196 g/mol. The van der Waals surface area contributed by atoms with Gasteiger partial charge in [-0.1, -0.05) is 13.8 Å². The quantitative estimate of drug-likeness (QED) is 0.537. The summed E-state index contributed by atoms with van der Waals surface area (Å²) >= 11 is 0. The first-order chi connectivity index (χ1) is 6.49. The van der Waals surface area contributed by atoms with E-state index in [0.717, 1.165) is 5.56 Å². The molecule has 1 aromatic rings. The number of hydrogen-bond acceptors (Lipinski definition) is 2. The van der Waals surface area contributed by atoms with Gasteiger partial charge in [0, 0.05) is 13.0 Å². The Labute approximate surface area is 82.7 Å². The van der Waals surface area contributed by atoms with E-state index in [0.29, 0.717) is 0 Å². The van der Waals surface area contributed by atoms with Gasteiger partial charge in [-0.2, -0.15) is 0 Å². The standard InChI is InChI=1S/C11H13FO2/c1-7(2)9-4-10(12)6-11(5-9)14-8(3)13/h4-7H,1-3H3. The zero-order valence-corrected chi connectivity index (χ0v) is 8.50. The summed E-state index contributed by atoms with van der Waals surface area (Å²) < 4.78 is 17.9. The van der Waals surface area contributed by atoms with Gasteiger partial charge >= 0.3 is 5.97 Å². The molecule has 0 N–H and O–H groups in total. The van der Waals surface area contributed by atoms with Crippen LogP contribution >= 0.6 is 0 Å². The van der Waals surface area contributed by atoms with Gasteiger partial charge in [-0.25, -0.2) is 4.39 Å². The topological polar surface area (TPSA) is 26.3 Å². The first kappa shape index (κ1) is 10.7. The van der Waals surface area contributed by atoms with Crippen molar-refractivity contribution < 1.29 is 13.9 Å². The third-order valence-corrected chi connectivity index (χ3v) is 1.82. The molecular weight excluding hydrogens is 183 g/mol. The van der Waals surface area contributed by atoms with Crippen molar-refractivity contribution in [2.75, 3.05) is 0 Å². The second-order valence-corrected chi connectivity index (χ2v) is 3.47. The molecule has 0 aromatic heterocycles. The van der Waals surface area contributed by atoms with E-state index in [9.17, 15) is 9.18 Å². The highest BCUT2D eigenvalue weighted by Gasteiger charge is 2.06. The molecule has 14 heavy (non-hydrogen) atoms. The van der Waals surface area contributed by atoms with E-state index < -0.39 is 5.97 Å². The van der Waals surface area contributed by atoms with Gasteiger partial charge in [0.15, 0.2) is 0 Å². The van der Waals surface area contributed by atoms with E-state index in [4.69, 9.17) is 4.74 Å². The summed E-state index contributed by atoms with van der Waals surface area (Å²) in [4.78, 5) is 10.7. The second kappa shape index (κ2) is 4.22. The lowest BCUT2D eigenvalue weighted by molar-refractivity contribution is -0.131. The van der Waals surface area contributed by atoms with Gasteiger partial charge in [0.25, 0.3) is 0 Å². The number of halogens is 1. The maximum Gasteiger partial charge on any atom is 0.308 e. The Bertz CT molecular complexity index is 345. The Balaban J connectivity index is 3.01.